The molecule has 0 bridgehead atoms. The van der Waals surface area contributed by atoms with Crippen molar-refractivity contribution in [3.8, 4) is 11.5 Å². The second-order valence-corrected chi connectivity index (χ2v) is 7.31. The maximum atomic E-state index is 12.2. The zero-order valence-electron chi connectivity index (χ0n) is 14.8. The van der Waals surface area contributed by atoms with Gasteiger partial charge in [-0.2, -0.15) is 10.1 Å². The summed E-state index contributed by atoms with van der Waals surface area (Å²) in [6.07, 6.45) is 1.53. The maximum absolute atomic E-state index is 12.2. The molecule has 0 aromatic heterocycles. The molecule has 2 heterocycles. The van der Waals surface area contributed by atoms with Gasteiger partial charge in [0.1, 0.15) is 0 Å². The highest BCUT2D eigenvalue weighted by Crippen LogP contribution is 2.28. The zero-order chi connectivity index (χ0) is 19.2. The third-order valence-corrected chi connectivity index (χ3v) is 5.29. The Kier molecular flexibility index (Phi) is 6.64. The third kappa shape index (κ3) is 4.96. The van der Waals surface area contributed by atoms with Crippen molar-refractivity contribution in [2.45, 2.75) is 0 Å². The number of methoxy groups -OCH3 is 1. The molecule has 1 aromatic rings. The first-order valence-corrected chi connectivity index (χ1v) is 9.68. The van der Waals surface area contributed by atoms with Gasteiger partial charge in [0.05, 0.1) is 32.3 Å². The predicted octanol–water partition coefficient (Wildman–Crippen LogP) is 1.13. The standard InChI is InChI=1S/C17H19N3O5S2/c1-23-14-8-12(9-18-20-16(22)11-27-17(20)26)2-3-13(14)25-10-15(21)19-4-6-24-7-5-19/h2-3,8-9H,4-7,10-11H2,1H3/b18-9-. The first-order chi connectivity index (χ1) is 13.1. The van der Waals surface area contributed by atoms with Crippen molar-refractivity contribution in [2.75, 3.05) is 45.8 Å². The number of carbonyl (C=O) groups excluding carboxylic acids is 2. The van der Waals surface area contributed by atoms with Gasteiger partial charge in [-0.05, 0) is 23.8 Å². The number of hydrazone groups is 1. The van der Waals surface area contributed by atoms with E-state index in [1.807, 2.05) is 0 Å². The Hall–Kier alpha value is -2.17. The molecule has 2 aliphatic rings. The van der Waals surface area contributed by atoms with E-state index in [1.54, 1.807) is 23.1 Å². The van der Waals surface area contributed by atoms with Crippen molar-refractivity contribution >= 4 is 46.3 Å². The Bertz CT molecular complexity index is 749. The van der Waals surface area contributed by atoms with Crippen LogP contribution in [0.2, 0.25) is 0 Å². The highest BCUT2D eigenvalue weighted by molar-refractivity contribution is 8.23. The van der Waals surface area contributed by atoms with Gasteiger partial charge in [0, 0.05) is 13.1 Å². The SMILES string of the molecule is COc1cc(/C=N\N2C(=O)CSC2=S)ccc1OCC(=O)N1CCOCC1. The second kappa shape index (κ2) is 9.16. The summed E-state index contributed by atoms with van der Waals surface area (Å²) in [5.74, 6) is 1.00. The second-order valence-electron chi connectivity index (χ2n) is 5.70. The van der Waals surface area contributed by atoms with Crippen LogP contribution in [0.4, 0.5) is 0 Å². The molecule has 2 aliphatic heterocycles. The lowest BCUT2D eigenvalue weighted by molar-refractivity contribution is -0.137. The van der Waals surface area contributed by atoms with E-state index in [0.717, 1.165) is 0 Å². The van der Waals surface area contributed by atoms with Gasteiger partial charge in [-0.3, -0.25) is 9.59 Å². The average Bonchev–Trinajstić information content (AvgIpc) is 3.03. The van der Waals surface area contributed by atoms with E-state index >= 15 is 0 Å². The molecule has 2 saturated heterocycles. The minimum Gasteiger partial charge on any atom is -0.493 e. The molecule has 0 saturated carbocycles. The minimum absolute atomic E-state index is 0.0719. The lowest BCUT2D eigenvalue weighted by Crippen LogP contribution is -2.43. The summed E-state index contributed by atoms with van der Waals surface area (Å²) >= 11 is 6.37. The number of ether oxygens (including phenoxy) is 3. The molecule has 0 radical (unpaired) electrons. The summed E-state index contributed by atoms with van der Waals surface area (Å²) in [7, 11) is 1.52. The number of benzene rings is 1. The minimum atomic E-state index is -0.144. The molecule has 0 N–H and O–H groups in total. The van der Waals surface area contributed by atoms with Crippen molar-refractivity contribution in [1.29, 1.82) is 0 Å². The number of thiocarbonyl (C=S) groups is 1. The van der Waals surface area contributed by atoms with Crippen LogP contribution < -0.4 is 9.47 Å². The average molecular weight is 409 g/mol. The number of nitrogens with zero attached hydrogens (tertiary/aromatic N) is 3. The summed E-state index contributed by atoms with van der Waals surface area (Å²) in [4.78, 5) is 25.6. The molecular weight excluding hydrogens is 390 g/mol. The fraction of sp³-hybridized carbons (Fsp3) is 0.412. The number of amides is 2. The van der Waals surface area contributed by atoms with Crippen LogP contribution in [0.3, 0.4) is 0 Å². The molecule has 0 aliphatic carbocycles. The van der Waals surface area contributed by atoms with E-state index in [0.29, 0.717) is 53.4 Å². The molecule has 0 spiro atoms. The number of morpholine rings is 1. The highest BCUT2D eigenvalue weighted by atomic mass is 32.2. The van der Waals surface area contributed by atoms with E-state index in [4.69, 9.17) is 26.4 Å². The first kappa shape index (κ1) is 19.6. The van der Waals surface area contributed by atoms with Gasteiger partial charge in [0.2, 0.25) is 0 Å². The topological polar surface area (TPSA) is 80.7 Å². The Morgan fingerprint density at radius 3 is 2.81 bits per heavy atom. The Balaban J connectivity index is 1.62. The predicted molar refractivity (Wildman–Crippen MR) is 105 cm³/mol. The van der Waals surface area contributed by atoms with Gasteiger partial charge in [0.15, 0.2) is 22.4 Å². The summed E-state index contributed by atoms with van der Waals surface area (Å²) < 4.78 is 16.6. The Morgan fingerprint density at radius 1 is 1.37 bits per heavy atom. The van der Waals surface area contributed by atoms with E-state index in [2.05, 4.69) is 5.10 Å². The summed E-state index contributed by atoms with van der Waals surface area (Å²) in [5.41, 5.74) is 0.714. The quantitative estimate of drug-likeness (QED) is 0.515. The van der Waals surface area contributed by atoms with E-state index in [9.17, 15) is 9.59 Å². The number of rotatable bonds is 6. The first-order valence-electron chi connectivity index (χ1n) is 8.28. The van der Waals surface area contributed by atoms with Crippen LogP contribution in [0.1, 0.15) is 5.56 Å². The molecule has 3 rings (SSSR count). The van der Waals surface area contributed by atoms with Crippen LogP contribution in [-0.4, -0.2) is 78.0 Å². The molecule has 144 valence electrons. The Morgan fingerprint density at radius 2 is 2.15 bits per heavy atom. The van der Waals surface area contributed by atoms with Crippen LogP contribution in [0.5, 0.6) is 11.5 Å². The van der Waals surface area contributed by atoms with Crippen molar-refractivity contribution in [3.63, 3.8) is 0 Å². The lowest BCUT2D eigenvalue weighted by Gasteiger charge is -2.26. The molecule has 0 atom stereocenters. The summed E-state index contributed by atoms with van der Waals surface area (Å²) in [5, 5.41) is 5.33. The maximum Gasteiger partial charge on any atom is 0.260 e. The molecule has 0 unspecified atom stereocenters. The lowest BCUT2D eigenvalue weighted by atomic mass is 10.2. The van der Waals surface area contributed by atoms with Crippen molar-refractivity contribution in [1.82, 2.24) is 9.91 Å². The summed E-state index contributed by atoms with van der Waals surface area (Å²) in [6, 6.07) is 5.18. The number of carbonyl (C=O) groups is 2. The van der Waals surface area contributed by atoms with Crippen LogP contribution in [0.15, 0.2) is 23.3 Å². The molecule has 2 fully saturated rings. The van der Waals surface area contributed by atoms with Crippen LogP contribution in [0.25, 0.3) is 0 Å². The van der Waals surface area contributed by atoms with Crippen LogP contribution >= 0.6 is 24.0 Å². The molecule has 10 heteroatoms. The molecule has 1 aromatic carbocycles. The summed E-state index contributed by atoms with van der Waals surface area (Å²) in [6.45, 7) is 2.17. The van der Waals surface area contributed by atoms with Crippen molar-refractivity contribution in [3.05, 3.63) is 23.8 Å². The smallest absolute Gasteiger partial charge is 0.260 e. The van der Waals surface area contributed by atoms with Gasteiger partial charge >= 0.3 is 0 Å². The number of thioether (sulfide) groups is 1. The zero-order valence-corrected chi connectivity index (χ0v) is 16.4. The molecule has 27 heavy (non-hydrogen) atoms. The van der Waals surface area contributed by atoms with Gasteiger partial charge in [-0.15, -0.1) is 0 Å². The largest absolute Gasteiger partial charge is 0.493 e. The van der Waals surface area contributed by atoms with E-state index in [1.165, 1.54) is 30.1 Å². The monoisotopic (exact) mass is 409 g/mol. The fourth-order valence-electron chi connectivity index (χ4n) is 2.51. The van der Waals surface area contributed by atoms with Gasteiger partial charge < -0.3 is 19.1 Å². The van der Waals surface area contributed by atoms with Gasteiger partial charge in [0.25, 0.3) is 11.8 Å². The normalized spacial score (nSPS) is 17.7. The number of hydrogen-bond acceptors (Lipinski definition) is 8. The van der Waals surface area contributed by atoms with E-state index < -0.39 is 0 Å². The van der Waals surface area contributed by atoms with Gasteiger partial charge in [-0.25, -0.2) is 0 Å². The fourth-order valence-corrected chi connectivity index (χ4v) is 3.48. The third-order valence-electron chi connectivity index (χ3n) is 3.95. The van der Waals surface area contributed by atoms with Crippen LogP contribution in [0, 0.1) is 0 Å². The van der Waals surface area contributed by atoms with E-state index in [-0.39, 0.29) is 18.4 Å². The molecule has 2 amide bonds. The van der Waals surface area contributed by atoms with Gasteiger partial charge in [-0.1, -0.05) is 24.0 Å². The van der Waals surface area contributed by atoms with Crippen molar-refractivity contribution in [2.24, 2.45) is 5.10 Å². The highest BCUT2D eigenvalue weighted by Gasteiger charge is 2.26. The van der Waals surface area contributed by atoms with Crippen molar-refractivity contribution < 1.29 is 23.8 Å². The Labute approximate surface area is 166 Å². The molecule has 8 nitrogen and oxygen atoms in total. The number of hydrogen-bond donors (Lipinski definition) is 0. The molecular formula is C17H19N3O5S2. The van der Waals surface area contributed by atoms with Crippen LogP contribution in [-0.2, 0) is 14.3 Å².